The minimum atomic E-state index is -0.454. The van der Waals surface area contributed by atoms with Crippen molar-refractivity contribution < 1.29 is 29.4 Å². The summed E-state index contributed by atoms with van der Waals surface area (Å²) in [6.07, 6.45) is 0.0802. The van der Waals surface area contributed by atoms with Gasteiger partial charge in [0.15, 0.2) is 0 Å². The number of likely N-dealkylation sites (N-methyl/N-ethyl adjacent to an activating group) is 2. The molecule has 0 radical (unpaired) electrons. The largest absolute Gasteiger partial charge is 0.395 e. The molecule has 2 N–H and O–H groups in total. The van der Waals surface area contributed by atoms with Crippen molar-refractivity contribution in [1.29, 1.82) is 0 Å². The van der Waals surface area contributed by atoms with Gasteiger partial charge >= 0.3 is 0 Å². The van der Waals surface area contributed by atoms with Crippen LogP contribution in [0.25, 0.3) is 0 Å². The predicted octanol–water partition coefficient (Wildman–Crippen LogP) is 0.380. The van der Waals surface area contributed by atoms with E-state index in [9.17, 15) is 19.2 Å². The fourth-order valence-electron chi connectivity index (χ4n) is 3.35. The van der Waals surface area contributed by atoms with Gasteiger partial charge in [-0.2, -0.15) is 0 Å². The van der Waals surface area contributed by atoms with Crippen LogP contribution in [0, 0.1) is 0 Å². The molecule has 0 bridgehead atoms. The standard InChI is InChI=1S/C20H28N4O6S4/c1-3-21(9-11-25)13(27)5-7-23-17(29)15(33-19(23)31)16-18(30)24(20(32)34-16)8-6-14(28)22(4-2)10-12-26/h25-26H,3-12H2,1-2H3. The fourth-order valence-corrected chi connectivity index (χ4v) is 6.12. The maximum Gasteiger partial charge on any atom is 0.267 e. The lowest BCUT2D eigenvalue weighted by Gasteiger charge is -2.21. The number of aliphatic hydroxyl groups excluding tert-OH is 2. The topological polar surface area (TPSA) is 122 Å². The van der Waals surface area contributed by atoms with E-state index in [1.165, 1.54) is 19.6 Å². The van der Waals surface area contributed by atoms with Gasteiger partial charge in [0.05, 0.1) is 23.0 Å². The molecule has 4 amide bonds. The Hall–Kier alpha value is -1.58. The average Bonchev–Trinajstić information content (AvgIpc) is 3.25. The van der Waals surface area contributed by atoms with Gasteiger partial charge < -0.3 is 20.0 Å². The molecule has 0 aliphatic carbocycles. The summed E-state index contributed by atoms with van der Waals surface area (Å²) in [6, 6.07) is 0. The first-order chi connectivity index (χ1) is 16.2. The Balaban J connectivity index is 2.06. The van der Waals surface area contributed by atoms with Crippen LogP contribution in [0.5, 0.6) is 0 Å². The Morgan fingerprint density at radius 1 is 0.794 bits per heavy atom. The summed E-state index contributed by atoms with van der Waals surface area (Å²) in [6.45, 7) is 4.77. The summed E-state index contributed by atoms with van der Waals surface area (Å²) in [7, 11) is 0. The van der Waals surface area contributed by atoms with E-state index in [1.807, 2.05) is 0 Å². The summed E-state index contributed by atoms with van der Waals surface area (Å²) in [5, 5.41) is 18.1. The minimum absolute atomic E-state index is 0.0401. The van der Waals surface area contributed by atoms with Crippen LogP contribution in [0.2, 0.25) is 0 Å². The molecule has 10 nitrogen and oxygen atoms in total. The minimum Gasteiger partial charge on any atom is -0.395 e. The zero-order chi connectivity index (χ0) is 25.4. The van der Waals surface area contributed by atoms with Gasteiger partial charge in [-0.15, -0.1) is 0 Å². The molecule has 2 aliphatic rings. The third-order valence-electron chi connectivity index (χ3n) is 5.21. The van der Waals surface area contributed by atoms with E-state index in [1.54, 1.807) is 13.8 Å². The number of hydrogen-bond acceptors (Lipinski definition) is 10. The number of thioether (sulfide) groups is 2. The van der Waals surface area contributed by atoms with Crippen LogP contribution >= 0.6 is 48.0 Å². The maximum absolute atomic E-state index is 13.0. The van der Waals surface area contributed by atoms with Gasteiger partial charge in [-0.1, -0.05) is 48.0 Å². The molecule has 0 aromatic carbocycles. The fraction of sp³-hybridized carbons (Fsp3) is 0.600. The lowest BCUT2D eigenvalue weighted by Crippen LogP contribution is -2.38. The van der Waals surface area contributed by atoms with Crippen molar-refractivity contribution in [1.82, 2.24) is 19.6 Å². The Morgan fingerprint density at radius 2 is 1.15 bits per heavy atom. The number of carbonyl (C=O) groups is 4. The second-order valence-corrected chi connectivity index (χ2v) is 10.5. The van der Waals surface area contributed by atoms with Crippen LogP contribution < -0.4 is 0 Å². The van der Waals surface area contributed by atoms with Gasteiger partial charge in [-0.05, 0) is 13.8 Å². The number of nitrogens with zero attached hydrogens (tertiary/aromatic N) is 4. The van der Waals surface area contributed by atoms with Crippen LogP contribution in [0.1, 0.15) is 26.7 Å². The molecule has 0 aromatic rings. The summed E-state index contributed by atoms with van der Waals surface area (Å²) < 4.78 is 0.502. The first-order valence-corrected chi connectivity index (χ1v) is 13.2. The molecule has 188 valence electrons. The van der Waals surface area contributed by atoms with E-state index in [0.717, 1.165) is 23.5 Å². The monoisotopic (exact) mass is 548 g/mol. The van der Waals surface area contributed by atoms with Crippen molar-refractivity contribution in [3.05, 3.63) is 9.81 Å². The molecule has 2 saturated heterocycles. The third-order valence-corrected chi connectivity index (χ3v) is 8.24. The molecule has 0 unspecified atom stereocenters. The smallest absolute Gasteiger partial charge is 0.267 e. The van der Waals surface area contributed by atoms with E-state index in [0.29, 0.717) is 13.1 Å². The number of thiocarbonyl (C=S) groups is 2. The molecular formula is C20H28N4O6S4. The van der Waals surface area contributed by atoms with Gasteiger partial charge in [0.2, 0.25) is 11.8 Å². The van der Waals surface area contributed by atoms with Crippen molar-refractivity contribution in [3.8, 4) is 0 Å². The highest BCUT2D eigenvalue weighted by molar-refractivity contribution is 8.29. The highest BCUT2D eigenvalue weighted by Gasteiger charge is 2.42. The lowest BCUT2D eigenvalue weighted by atomic mass is 10.3. The van der Waals surface area contributed by atoms with Gasteiger partial charge in [0.25, 0.3) is 11.8 Å². The van der Waals surface area contributed by atoms with Crippen LogP contribution in [0.15, 0.2) is 9.81 Å². The summed E-state index contributed by atoms with van der Waals surface area (Å²) in [5.41, 5.74) is 0. The number of carbonyl (C=O) groups excluding carboxylic acids is 4. The Morgan fingerprint density at radius 3 is 1.44 bits per heavy atom. The first kappa shape index (κ1) is 28.7. The average molecular weight is 549 g/mol. The molecule has 34 heavy (non-hydrogen) atoms. The molecular weight excluding hydrogens is 521 g/mol. The van der Waals surface area contributed by atoms with Gasteiger partial charge in [-0.3, -0.25) is 29.0 Å². The molecule has 0 spiro atoms. The molecule has 14 heteroatoms. The predicted molar refractivity (Wildman–Crippen MR) is 139 cm³/mol. The molecule has 2 heterocycles. The van der Waals surface area contributed by atoms with Crippen LogP contribution in [-0.2, 0) is 19.2 Å². The highest BCUT2D eigenvalue weighted by Crippen LogP contribution is 2.42. The Labute approximate surface area is 217 Å². The van der Waals surface area contributed by atoms with Gasteiger partial charge in [-0.25, -0.2) is 0 Å². The van der Waals surface area contributed by atoms with Crippen molar-refractivity contribution in [2.75, 3.05) is 52.5 Å². The summed E-state index contributed by atoms with van der Waals surface area (Å²) >= 11 is 12.6. The van der Waals surface area contributed by atoms with Crippen molar-refractivity contribution in [2.45, 2.75) is 26.7 Å². The molecule has 0 atom stereocenters. The number of aliphatic hydroxyl groups is 2. The van der Waals surface area contributed by atoms with Crippen LogP contribution in [0.3, 0.4) is 0 Å². The van der Waals surface area contributed by atoms with E-state index in [4.69, 9.17) is 34.6 Å². The molecule has 2 fully saturated rings. The summed E-state index contributed by atoms with van der Waals surface area (Å²) in [5.74, 6) is -1.32. The van der Waals surface area contributed by atoms with Crippen LogP contribution in [0.4, 0.5) is 0 Å². The van der Waals surface area contributed by atoms with E-state index in [-0.39, 0.29) is 82.5 Å². The van der Waals surface area contributed by atoms with E-state index < -0.39 is 11.8 Å². The Bertz CT molecular complexity index is 826. The zero-order valence-electron chi connectivity index (χ0n) is 19.0. The van der Waals surface area contributed by atoms with Crippen LogP contribution in [-0.4, -0.2) is 115 Å². The highest BCUT2D eigenvalue weighted by atomic mass is 32.2. The van der Waals surface area contributed by atoms with E-state index >= 15 is 0 Å². The van der Waals surface area contributed by atoms with Crippen molar-refractivity contribution in [3.63, 3.8) is 0 Å². The maximum atomic E-state index is 13.0. The van der Waals surface area contributed by atoms with Crippen molar-refractivity contribution >= 4 is 80.2 Å². The van der Waals surface area contributed by atoms with Gasteiger partial charge in [0, 0.05) is 52.1 Å². The lowest BCUT2D eigenvalue weighted by molar-refractivity contribution is -0.133. The zero-order valence-corrected chi connectivity index (χ0v) is 22.3. The normalized spacial score (nSPS) is 18.4. The first-order valence-electron chi connectivity index (χ1n) is 10.8. The molecule has 2 rings (SSSR count). The second kappa shape index (κ2) is 13.5. The van der Waals surface area contributed by atoms with E-state index in [2.05, 4.69) is 0 Å². The van der Waals surface area contributed by atoms with Crippen molar-refractivity contribution in [2.24, 2.45) is 0 Å². The number of amides is 4. The quantitative estimate of drug-likeness (QED) is 0.261. The second-order valence-electron chi connectivity index (χ2n) is 7.20. The third kappa shape index (κ3) is 6.76. The molecule has 0 aromatic heterocycles. The SMILES string of the molecule is CCN(CCO)C(=O)CCN1C(=O)C(=C2SC(=S)N(CCC(=O)N(CC)CCO)C2=O)SC1=S. The Kier molecular flexibility index (Phi) is 11.4. The number of rotatable bonds is 12. The molecule has 0 saturated carbocycles. The number of hydrogen-bond donors (Lipinski definition) is 2. The van der Waals surface area contributed by atoms with Gasteiger partial charge in [0.1, 0.15) is 8.64 Å². The molecule has 2 aliphatic heterocycles. The summed E-state index contributed by atoms with van der Waals surface area (Å²) in [4.78, 5) is 56.6.